The SMILES string of the molecule is Cc1ccc2c(c1)C(CC(C)CCCC(C)C)(CC(C)CCCC(C)C)c1cc(C)ccc1-2. The van der Waals surface area contributed by atoms with Crippen molar-refractivity contribution in [2.45, 2.75) is 112 Å². The van der Waals surface area contributed by atoms with Crippen LogP contribution in [-0.2, 0) is 5.41 Å². The third-order valence-electron chi connectivity index (χ3n) is 8.02. The van der Waals surface area contributed by atoms with Gasteiger partial charge in [0.2, 0.25) is 0 Å². The van der Waals surface area contributed by atoms with Gasteiger partial charge in [0.15, 0.2) is 0 Å². The third-order valence-corrected chi connectivity index (χ3v) is 8.02. The lowest BCUT2D eigenvalue weighted by Gasteiger charge is -2.37. The zero-order valence-corrected chi connectivity index (χ0v) is 22.9. The Hall–Kier alpha value is -1.56. The Morgan fingerprint density at radius 2 is 0.970 bits per heavy atom. The van der Waals surface area contributed by atoms with Crippen LogP contribution in [0.3, 0.4) is 0 Å². The largest absolute Gasteiger partial charge is 0.0628 e. The molecular formula is C33H50. The van der Waals surface area contributed by atoms with Crippen LogP contribution in [0.5, 0.6) is 0 Å². The summed E-state index contributed by atoms with van der Waals surface area (Å²) in [5.41, 5.74) is 9.21. The second kappa shape index (κ2) is 11.2. The number of aryl methyl sites for hydroxylation is 2. The van der Waals surface area contributed by atoms with Crippen molar-refractivity contribution in [1.29, 1.82) is 0 Å². The fourth-order valence-corrected chi connectivity index (χ4v) is 6.39. The zero-order valence-electron chi connectivity index (χ0n) is 22.9. The highest BCUT2D eigenvalue weighted by atomic mass is 14.5. The van der Waals surface area contributed by atoms with Crippen LogP contribution in [0.4, 0.5) is 0 Å². The molecule has 0 heterocycles. The smallest absolute Gasteiger partial charge is 0.0220 e. The molecule has 2 atom stereocenters. The van der Waals surface area contributed by atoms with E-state index in [9.17, 15) is 0 Å². The minimum absolute atomic E-state index is 0.164. The molecule has 0 N–H and O–H groups in total. The van der Waals surface area contributed by atoms with Crippen LogP contribution in [0.15, 0.2) is 36.4 Å². The number of benzene rings is 2. The van der Waals surface area contributed by atoms with Crippen molar-refractivity contribution >= 4 is 0 Å². The standard InChI is InChI=1S/C33H50/c1-23(2)11-9-13-27(7)21-33(22-28(8)14-10-12-24(3)4)31-19-25(5)15-17-29(31)30-18-16-26(6)20-32(30)33/h15-20,23-24,27-28H,9-14,21-22H2,1-8H3. The van der Waals surface area contributed by atoms with Gasteiger partial charge in [-0.25, -0.2) is 0 Å². The molecule has 33 heavy (non-hydrogen) atoms. The summed E-state index contributed by atoms with van der Waals surface area (Å²) in [4.78, 5) is 0. The highest BCUT2D eigenvalue weighted by Crippen LogP contribution is 2.56. The number of fused-ring (bicyclic) bond motifs is 3. The molecule has 0 heteroatoms. The molecule has 1 aliphatic rings. The van der Waals surface area contributed by atoms with Gasteiger partial charge in [-0.15, -0.1) is 0 Å². The molecule has 0 amide bonds. The third kappa shape index (κ3) is 6.32. The van der Waals surface area contributed by atoms with Crippen molar-refractivity contribution in [1.82, 2.24) is 0 Å². The Labute approximate surface area is 205 Å². The number of hydrogen-bond acceptors (Lipinski definition) is 0. The van der Waals surface area contributed by atoms with E-state index in [-0.39, 0.29) is 5.41 Å². The molecule has 2 unspecified atom stereocenters. The average molecular weight is 447 g/mol. The van der Waals surface area contributed by atoms with Crippen molar-refractivity contribution in [3.8, 4) is 11.1 Å². The topological polar surface area (TPSA) is 0 Å². The Kier molecular flexibility index (Phi) is 8.88. The highest BCUT2D eigenvalue weighted by Gasteiger charge is 2.44. The summed E-state index contributed by atoms with van der Waals surface area (Å²) in [5.74, 6) is 3.11. The molecular weight excluding hydrogens is 396 g/mol. The lowest BCUT2D eigenvalue weighted by Crippen LogP contribution is -2.30. The first-order valence-corrected chi connectivity index (χ1v) is 13.8. The zero-order chi connectivity index (χ0) is 24.2. The Morgan fingerprint density at radius 3 is 1.33 bits per heavy atom. The molecule has 0 aromatic heterocycles. The number of rotatable bonds is 12. The molecule has 0 saturated carbocycles. The van der Waals surface area contributed by atoms with Gasteiger partial charge >= 0.3 is 0 Å². The molecule has 1 aliphatic carbocycles. The van der Waals surface area contributed by atoms with E-state index in [1.807, 2.05) is 0 Å². The van der Waals surface area contributed by atoms with Gasteiger partial charge in [-0.05, 0) is 72.6 Å². The summed E-state index contributed by atoms with van der Waals surface area (Å²) in [6, 6.07) is 14.5. The summed E-state index contributed by atoms with van der Waals surface area (Å²) in [6.45, 7) is 19.0. The average Bonchev–Trinajstić information content (AvgIpc) is 2.96. The molecule has 0 fully saturated rings. The lowest BCUT2D eigenvalue weighted by atomic mass is 9.66. The predicted molar refractivity (Wildman–Crippen MR) is 147 cm³/mol. The van der Waals surface area contributed by atoms with Crippen molar-refractivity contribution in [2.75, 3.05) is 0 Å². The second-order valence-corrected chi connectivity index (χ2v) is 12.4. The van der Waals surface area contributed by atoms with E-state index >= 15 is 0 Å². The Morgan fingerprint density at radius 1 is 0.576 bits per heavy atom. The van der Waals surface area contributed by atoms with E-state index < -0.39 is 0 Å². The summed E-state index contributed by atoms with van der Waals surface area (Å²) in [5, 5.41) is 0. The van der Waals surface area contributed by atoms with Gasteiger partial charge in [-0.3, -0.25) is 0 Å². The summed E-state index contributed by atoms with van der Waals surface area (Å²) < 4.78 is 0. The highest BCUT2D eigenvalue weighted by molar-refractivity contribution is 5.81. The summed E-state index contributed by atoms with van der Waals surface area (Å²) >= 11 is 0. The quantitative estimate of drug-likeness (QED) is 0.304. The first kappa shape index (κ1) is 26.1. The van der Waals surface area contributed by atoms with Crippen molar-refractivity contribution in [2.24, 2.45) is 23.7 Å². The van der Waals surface area contributed by atoms with Crippen LogP contribution >= 0.6 is 0 Å². The molecule has 2 aromatic rings. The Bertz CT molecular complexity index is 825. The second-order valence-electron chi connectivity index (χ2n) is 12.4. The van der Waals surface area contributed by atoms with E-state index in [2.05, 4.69) is 91.8 Å². The molecule has 0 nitrogen and oxygen atoms in total. The van der Waals surface area contributed by atoms with E-state index in [1.165, 1.54) is 73.6 Å². The normalized spacial score (nSPS) is 16.2. The first-order chi connectivity index (χ1) is 15.6. The molecule has 0 aliphatic heterocycles. The van der Waals surface area contributed by atoms with E-state index in [0.717, 1.165) is 23.7 Å². The van der Waals surface area contributed by atoms with Crippen LogP contribution in [-0.4, -0.2) is 0 Å². The molecule has 182 valence electrons. The van der Waals surface area contributed by atoms with Gasteiger partial charge in [0.05, 0.1) is 0 Å². The molecule has 0 bridgehead atoms. The van der Waals surface area contributed by atoms with Crippen molar-refractivity contribution in [3.05, 3.63) is 58.7 Å². The molecule has 2 aromatic carbocycles. The van der Waals surface area contributed by atoms with E-state index in [0.29, 0.717) is 0 Å². The maximum atomic E-state index is 2.53. The van der Waals surface area contributed by atoms with Crippen LogP contribution in [0.2, 0.25) is 0 Å². The number of hydrogen-bond donors (Lipinski definition) is 0. The first-order valence-electron chi connectivity index (χ1n) is 13.8. The minimum atomic E-state index is 0.164. The van der Waals surface area contributed by atoms with Gasteiger partial charge in [-0.1, -0.05) is 128 Å². The van der Waals surface area contributed by atoms with E-state index in [1.54, 1.807) is 11.1 Å². The minimum Gasteiger partial charge on any atom is -0.0628 e. The van der Waals surface area contributed by atoms with Gasteiger partial charge in [-0.2, -0.15) is 0 Å². The maximum Gasteiger partial charge on any atom is 0.0220 e. The van der Waals surface area contributed by atoms with Crippen molar-refractivity contribution < 1.29 is 0 Å². The fourth-order valence-electron chi connectivity index (χ4n) is 6.39. The molecule has 0 saturated heterocycles. The lowest BCUT2D eigenvalue weighted by molar-refractivity contribution is 0.289. The molecule has 3 rings (SSSR count). The van der Waals surface area contributed by atoms with Crippen LogP contribution in [0.1, 0.15) is 115 Å². The molecule has 0 spiro atoms. The van der Waals surface area contributed by atoms with Crippen molar-refractivity contribution in [3.63, 3.8) is 0 Å². The van der Waals surface area contributed by atoms with Crippen LogP contribution in [0, 0.1) is 37.5 Å². The van der Waals surface area contributed by atoms with E-state index in [4.69, 9.17) is 0 Å². The summed E-state index contributed by atoms with van der Waals surface area (Å²) in [7, 11) is 0. The van der Waals surface area contributed by atoms with Crippen LogP contribution in [0.25, 0.3) is 11.1 Å². The monoisotopic (exact) mass is 446 g/mol. The predicted octanol–water partition coefficient (Wildman–Crippen LogP) is 10.3. The van der Waals surface area contributed by atoms with Gasteiger partial charge in [0, 0.05) is 5.41 Å². The van der Waals surface area contributed by atoms with Crippen LogP contribution < -0.4 is 0 Å². The maximum absolute atomic E-state index is 2.53. The summed E-state index contributed by atoms with van der Waals surface area (Å²) in [6.07, 6.45) is 10.7. The van der Waals surface area contributed by atoms with Gasteiger partial charge in [0.1, 0.15) is 0 Å². The molecule has 0 radical (unpaired) electrons. The Balaban J connectivity index is 1.99. The van der Waals surface area contributed by atoms with Gasteiger partial charge in [0.25, 0.3) is 0 Å². The van der Waals surface area contributed by atoms with Gasteiger partial charge < -0.3 is 0 Å². The fraction of sp³-hybridized carbons (Fsp3) is 0.636.